The van der Waals surface area contributed by atoms with E-state index in [0.717, 1.165) is 22.6 Å². The van der Waals surface area contributed by atoms with E-state index in [4.69, 9.17) is 28.0 Å². The van der Waals surface area contributed by atoms with Gasteiger partial charge < -0.3 is 28.0 Å². The Bertz CT molecular complexity index is 2090. The second kappa shape index (κ2) is 17.0. The molecule has 0 unspecified atom stereocenters. The molecule has 2 aromatic heterocycles. The number of hydrogen-bond acceptors (Lipinski definition) is 14. The van der Waals surface area contributed by atoms with Crippen molar-refractivity contribution in [2.45, 2.75) is 35.8 Å². The number of ether oxygens (including phenoxy) is 4. The SMILES string of the molecule is COc1ccc(OCc2noc(Cc3ccc(S(C)(=O)=O)cc3)n2)cc1.COc1ccc(OCc2noc(Cc3ccc(S(C)(=O)=O)cc3)n2)cc1. The summed E-state index contributed by atoms with van der Waals surface area (Å²) in [6.07, 6.45) is 3.18. The summed E-state index contributed by atoms with van der Waals surface area (Å²) in [6.45, 7) is 0.367. The number of rotatable bonds is 14. The van der Waals surface area contributed by atoms with Gasteiger partial charge in [0.25, 0.3) is 0 Å². The van der Waals surface area contributed by atoms with Crippen molar-refractivity contribution in [3.8, 4) is 23.0 Å². The van der Waals surface area contributed by atoms with Crippen molar-refractivity contribution in [2.24, 2.45) is 0 Å². The van der Waals surface area contributed by atoms with Crippen LogP contribution in [0.1, 0.15) is 34.6 Å². The lowest BCUT2D eigenvalue weighted by molar-refractivity contribution is 0.284. The maximum Gasteiger partial charge on any atom is 0.231 e. The molecule has 0 amide bonds. The van der Waals surface area contributed by atoms with Crippen LogP contribution in [0.4, 0.5) is 0 Å². The van der Waals surface area contributed by atoms with Crippen molar-refractivity contribution in [2.75, 3.05) is 26.7 Å². The molecule has 2 heterocycles. The lowest BCUT2D eigenvalue weighted by atomic mass is 10.1. The second-order valence-electron chi connectivity index (χ2n) is 11.3. The first-order valence-corrected chi connectivity index (χ1v) is 19.4. The van der Waals surface area contributed by atoms with Gasteiger partial charge in [0, 0.05) is 12.5 Å². The fraction of sp³-hybridized carbons (Fsp3) is 0.222. The number of nitrogens with zero attached hydrogens (tertiary/aromatic N) is 4. The summed E-state index contributed by atoms with van der Waals surface area (Å²) < 4.78 is 77.7. The summed E-state index contributed by atoms with van der Waals surface area (Å²) in [4.78, 5) is 9.12. The first-order chi connectivity index (χ1) is 24.9. The zero-order chi connectivity index (χ0) is 37.1. The average molecular weight is 749 g/mol. The van der Waals surface area contributed by atoms with Crippen molar-refractivity contribution in [1.29, 1.82) is 0 Å². The molecule has 0 aliphatic carbocycles. The van der Waals surface area contributed by atoms with E-state index >= 15 is 0 Å². The topological polar surface area (TPSA) is 183 Å². The maximum atomic E-state index is 11.5. The zero-order valence-corrected chi connectivity index (χ0v) is 30.4. The number of aromatic nitrogens is 4. The highest BCUT2D eigenvalue weighted by molar-refractivity contribution is 7.91. The molecular weight excluding hydrogens is 713 g/mol. The van der Waals surface area contributed by atoms with E-state index in [9.17, 15) is 16.8 Å². The number of methoxy groups -OCH3 is 2. The highest BCUT2D eigenvalue weighted by Crippen LogP contribution is 2.20. The zero-order valence-electron chi connectivity index (χ0n) is 28.8. The fourth-order valence-electron chi connectivity index (χ4n) is 4.54. The van der Waals surface area contributed by atoms with Crippen LogP contribution in [0.5, 0.6) is 23.0 Å². The first kappa shape index (κ1) is 37.5. The Hall–Kier alpha value is -5.74. The average Bonchev–Trinajstić information content (AvgIpc) is 3.79. The minimum Gasteiger partial charge on any atom is -0.497 e. The van der Waals surface area contributed by atoms with E-state index < -0.39 is 19.7 Å². The minimum absolute atomic E-state index is 0.183. The largest absolute Gasteiger partial charge is 0.497 e. The van der Waals surface area contributed by atoms with Gasteiger partial charge in [-0.05, 0) is 83.9 Å². The van der Waals surface area contributed by atoms with E-state index in [-0.39, 0.29) is 23.0 Å². The van der Waals surface area contributed by atoms with Crippen LogP contribution < -0.4 is 18.9 Å². The Morgan fingerprint density at radius 1 is 0.500 bits per heavy atom. The predicted octanol–water partition coefficient (Wildman–Crippen LogP) is 5.30. The Labute approximate surface area is 301 Å². The maximum absolute atomic E-state index is 11.5. The number of benzene rings is 4. The van der Waals surface area contributed by atoms with Gasteiger partial charge >= 0.3 is 0 Å². The molecule has 0 atom stereocenters. The van der Waals surface area contributed by atoms with Crippen molar-refractivity contribution >= 4 is 19.7 Å². The lowest BCUT2D eigenvalue weighted by Crippen LogP contribution is -1.99. The Kier molecular flexibility index (Phi) is 12.2. The van der Waals surface area contributed by atoms with E-state index in [1.54, 1.807) is 111 Å². The van der Waals surface area contributed by atoms with E-state index in [1.165, 1.54) is 12.5 Å². The number of sulfone groups is 2. The quantitative estimate of drug-likeness (QED) is 0.140. The van der Waals surface area contributed by atoms with E-state index in [2.05, 4.69) is 20.3 Å². The molecule has 0 N–H and O–H groups in total. The van der Waals surface area contributed by atoms with Crippen LogP contribution in [0.25, 0.3) is 0 Å². The molecule has 0 spiro atoms. The van der Waals surface area contributed by atoms with Gasteiger partial charge in [-0.1, -0.05) is 34.6 Å². The molecule has 52 heavy (non-hydrogen) atoms. The molecule has 4 aromatic carbocycles. The van der Waals surface area contributed by atoms with E-state index in [0.29, 0.717) is 47.8 Å². The normalized spacial score (nSPS) is 11.3. The van der Waals surface area contributed by atoms with Crippen molar-refractivity contribution in [3.05, 3.63) is 132 Å². The third kappa shape index (κ3) is 11.1. The number of hydrogen-bond donors (Lipinski definition) is 0. The van der Waals surface area contributed by atoms with Crippen LogP contribution in [-0.2, 0) is 45.7 Å². The Morgan fingerprint density at radius 3 is 1.13 bits per heavy atom. The molecular formula is C36H36N4O10S2. The minimum atomic E-state index is -3.20. The molecule has 0 saturated heterocycles. The van der Waals surface area contributed by atoms with Crippen molar-refractivity contribution in [3.63, 3.8) is 0 Å². The monoisotopic (exact) mass is 748 g/mol. The molecule has 0 saturated carbocycles. The van der Waals surface area contributed by atoms with Gasteiger partial charge in [0.15, 0.2) is 32.9 Å². The van der Waals surface area contributed by atoms with Gasteiger partial charge in [0.1, 0.15) is 23.0 Å². The predicted molar refractivity (Wildman–Crippen MR) is 188 cm³/mol. The van der Waals surface area contributed by atoms with Gasteiger partial charge in [-0.15, -0.1) is 0 Å². The summed E-state index contributed by atoms with van der Waals surface area (Å²) in [5.41, 5.74) is 1.76. The fourth-order valence-corrected chi connectivity index (χ4v) is 5.80. The Morgan fingerprint density at radius 2 is 0.827 bits per heavy atom. The molecule has 272 valence electrons. The lowest BCUT2D eigenvalue weighted by Gasteiger charge is -2.04. The summed E-state index contributed by atoms with van der Waals surface area (Å²) in [5.74, 6) is 4.59. The van der Waals surface area contributed by atoms with Gasteiger partial charge in [-0.2, -0.15) is 9.97 Å². The van der Waals surface area contributed by atoms with Crippen LogP contribution >= 0.6 is 0 Å². The molecule has 0 aliphatic rings. The van der Waals surface area contributed by atoms with Gasteiger partial charge in [-0.3, -0.25) is 0 Å². The van der Waals surface area contributed by atoms with Gasteiger partial charge in [-0.25, -0.2) is 16.8 Å². The first-order valence-electron chi connectivity index (χ1n) is 15.6. The van der Waals surface area contributed by atoms with Crippen LogP contribution in [0.2, 0.25) is 0 Å². The summed E-state index contributed by atoms with van der Waals surface area (Å²) in [5, 5.41) is 7.77. The van der Waals surface area contributed by atoms with Crippen LogP contribution in [0.15, 0.2) is 116 Å². The third-order valence-electron chi connectivity index (χ3n) is 7.29. The van der Waals surface area contributed by atoms with Gasteiger partial charge in [0.05, 0.1) is 36.9 Å². The van der Waals surface area contributed by atoms with E-state index in [1.807, 2.05) is 0 Å². The summed E-state index contributed by atoms with van der Waals surface area (Å²) in [7, 11) is -3.20. The summed E-state index contributed by atoms with van der Waals surface area (Å²) in [6, 6.07) is 27.6. The van der Waals surface area contributed by atoms with Gasteiger partial charge in [0.2, 0.25) is 23.4 Å². The molecule has 16 heteroatoms. The summed E-state index contributed by atoms with van der Waals surface area (Å²) >= 11 is 0. The molecule has 0 fully saturated rings. The standard InChI is InChI=1S/2C18H18N2O5S/c2*1-23-14-5-7-15(8-6-14)24-12-17-19-18(25-20-17)11-13-3-9-16(10-4-13)26(2,21)22/h2*3-10H,11-12H2,1-2H3. The Balaban J connectivity index is 0.000000201. The highest BCUT2D eigenvalue weighted by atomic mass is 32.2. The van der Waals surface area contributed by atoms with Crippen LogP contribution in [0.3, 0.4) is 0 Å². The third-order valence-corrected chi connectivity index (χ3v) is 9.55. The smallest absolute Gasteiger partial charge is 0.231 e. The molecule has 14 nitrogen and oxygen atoms in total. The molecule has 0 aliphatic heterocycles. The molecule has 0 radical (unpaired) electrons. The molecule has 0 bridgehead atoms. The molecule has 6 aromatic rings. The second-order valence-corrected chi connectivity index (χ2v) is 15.4. The van der Waals surface area contributed by atoms with Crippen LogP contribution in [0, 0.1) is 0 Å². The van der Waals surface area contributed by atoms with Crippen molar-refractivity contribution in [1.82, 2.24) is 20.3 Å². The van der Waals surface area contributed by atoms with Crippen molar-refractivity contribution < 1.29 is 44.8 Å². The highest BCUT2D eigenvalue weighted by Gasteiger charge is 2.12. The molecule has 6 rings (SSSR count). The van der Waals surface area contributed by atoms with Crippen LogP contribution in [-0.4, -0.2) is 63.8 Å².